The molecule has 0 bridgehead atoms. The number of ether oxygens (including phenoxy) is 1. The number of amides is 1. The number of carbonyl (C=O) groups is 2. The van der Waals surface area contributed by atoms with Crippen molar-refractivity contribution in [2.24, 2.45) is 5.92 Å². The monoisotopic (exact) mass is 367 g/mol. The van der Waals surface area contributed by atoms with Crippen LogP contribution in [-0.4, -0.2) is 18.5 Å². The van der Waals surface area contributed by atoms with Gasteiger partial charge in [-0.05, 0) is 36.8 Å². The predicted molar refractivity (Wildman–Crippen MR) is 109 cm³/mol. The molecule has 0 radical (unpaired) electrons. The van der Waals surface area contributed by atoms with Gasteiger partial charge in [-0.2, -0.15) is 0 Å². The molecule has 0 aromatic heterocycles. The fraction of sp³-hybridized carbons (Fsp3) is 0.391. The highest BCUT2D eigenvalue weighted by molar-refractivity contribution is 5.95. The number of rotatable bonds is 10. The molecule has 0 aliphatic rings. The zero-order valence-electron chi connectivity index (χ0n) is 16.2. The van der Waals surface area contributed by atoms with Crippen LogP contribution in [0.1, 0.15) is 46.0 Å². The number of hydrogen-bond donors (Lipinski definition) is 1. The van der Waals surface area contributed by atoms with Crippen molar-refractivity contribution < 1.29 is 14.3 Å². The topological polar surface area (TPSA) is 55.4 Å². The van der Waals surface area contributed by atoms with E-state index in [1.807, 2.05) is 54.6 Å². The van der Waals surface area contributed by atoms with Crippen molar-refractivity contribution in [2.45, 2.75) is 46.0 Å². The Hall–Kier alpha value is -2.62. The molecule has 0 heterocycles. The molecule has 0 aliphatic carbocycles. The molecule has 0 spiro atoms. The highest BCUT2D eigenvalue weighted by Crippen LogP contribution is 2.27. The van der Waals surface area contributed by atoms with Crippen LogP contribution in [0, 0.1) is 5.92 Å². The van der Waals surface area contributed by atoms with Crippen LogP contribution in [0.5, 0.6) is 0 Å². The van der Waals surface area contributed by atoms with E-state index in [1.54, 1.807) is 0 Å². The summed E-state index contributed by atoms with van der Waals surface area (Å²) in [5.74, 6) is 0.299. The summed E-state index contributed by atoms with van der Waals surface area (Å²) in [5, 5.41) is 2.96. The van der Waals surface area contributed by atoms with E-state index in [4.69, 9.17) is 4.74 Å². The number of anilines is 1. The molecule has 2 aromatic carbocycles. The van der Waals surface area contributed by atoms with Crippen LogP contribution in [0.15, 0.2) is 54.6 Å². The Morgan fingerprint density at radius 1 is 0.926 bits per heavy atom. The first-order chi connectivity index (χ1) is 13.1. The quantitative estimate of drug-likeness (QED) is 0.449. The number of esters is 1. The van der Waals surface area contributed by atoms with E-state index in [0.29, 0.717) is 25.4 Å². The van der Waals surface area contributed by atoms with E-state index in [2.05, 4.69) is 19.2 Å². The van der Waals surface area contributed by atoms with Crippen LogP contribution < -0.4 is 5.32 Å². The smallest absolute Gasteiger partial charge is 0.305 e. The summed E-state index contributed by atoms with van der Waals surface area (Å²) in [4.78, 5) is 24.0. The second-order valence-corrected chi connectivity index (χ2v) is 7.07. The molecule has 1 amide bonds. The van der Waals surface area contributed by atoms with E-state index < -0.39 is 0 Å². The Labute approximate surface area is 161 Å². The average Bonchev–Trinajstić information content (AvgIpc) is 2.66. The number of hydrogen-bond acceptors (Lipinski definition) is 3. The number of nitrogens with one attached hydrogen (secondary N) is 1. The summed E-state index contributed by atoms with van der Waals surface area (Å²) in [7, 11) is 0. The summed E-state index contributed by atoms with van der Waals surface area (Å²) in [6, 6.07) is 17.7. The van der Waals surface area contributed by atoms with E-state index in [9.17, 15) is 9.59 Å². The molecule has 0 fully saturated rings. The molecule has 2 aromatic rings. The van der Waals surface area contributed by atoms with Gasteiger partial charge in [-0.15, -0.1) is 0 Å². The lowest BCUT2D eigenvalue weighted by Gasteiger charge is -2.11. The molecule has 0 unspecified atom stereocenters. The van der Waals surface area contributed by atoms with Gasteiger partial charge in [0.05, 0.1) is 6.61 Å². The first-order valence-corrected chi connectivity index (χ1v) is 9.66. The normalized spacial score (nSPS) is 10.6. The largest absolute Gasteiger partial charge is 0.466 e. The Kier molecular flexibility index (Phi) is 8.56. The lowest BCUT2D eigenvalue weighted by atomic mass is 10.0. The Balaban J connectivity index is 1.76. The van der Waals surface area contributed by atoms with Gasteiger partial charge in [-0.1, -0.05) is 62.4 Å². The summed E-state index contributed by atoms with van der Waals surface area (Å²) < 4.78 is 5.20. The molecule has 27 heavy (non-hydrogen) atoms. The minimum Gasteiger partial charge on any atom is -0.466 e. The summed E-state index contributed by atoms with van der Waals surface area (Å²) in [5.41, 5.74) is 2.82. The van der Waals surface area contributed by atoms with Gasteiger partial charge < -0.3 is 10.1 Å². The third-order valence-electron chi connectivity index (χ3n) is 4.26. The van der Waals surface area contributed by atoms with Gasteiger partial charge >= 0.3 is 5.97 Å². The Morgan fingerprint density at radius 2 is 1.63 bits per heavy atom. The second-order valence-electron chi connectivity index (χ2n) is 7.07. The number of benzene rings is 2. The molecule has 4 heteroatoms. The third-order valence-corrected chi connectivity index (χ3v) is 4.26. The van der Waals surface area contributed by atoms with Crippen LogP contribution in [0.3, 0.4) is 0 Å². The number of para-hydroxylation sites is 1. The Bertz CT molecular complexity index is 725. The highest BCUT2D eigenvalue weighted by atomic mass is 16.5. The summed E-state index contributed by atoms with van der Waals surface area (Å²) in [6.07, 6.45) is 3.00. The van der Waals surface area contributed by atoms with Gasteiger partial charge in [-0.3, -0.25) is 9.59 Å². The molecule has 0 saturated carbocycles. The Morgan fingerprint density at radius 3 is 2.37 bits per heavy atom. The van der Waals surface area contributed by atoms with Gasteiger partial charge in [0.1, 0.15) is 0 Å². The van der Waals surface area contributed by atoms with E-state index in [1.165, 1.54) is 0 Å². The van der Waals surface area contributed by atoms with Crippen molar-refractivity contribution in [3.8, 4) is 11.1 Å². The molecule has 1 N–H and O–H groups in total. The molecule has 4 nitrogen and oxygen atoms in total. The van der Waals surface area contributed by atoms with E-state index in [0.717, 1.165) is 29.7 Å². The molecule has 0 saturated heterocycles. The predicted octanol–water partition coefficient (Wildman–Crippen LogP) is 5.44. The highest BCUT2D eigenvalue weighted by Gasteiger charge is 2.10. The van der Waals surface area contributed by atoms with Crippen molar-refractivity contribution in [3.05, 3.63) is 54.6 Å². The van der Waals surface area contributed by atoms with Gasteiger partial charge in [0.2, 0.25) is 5.91 Å². The molecular weight excluding hydrogens is 338 g/mol. The third kappa shape index (κ3) is 7.65. The first-order valence-electron chi connectivity index (χ1n) is 9.66. The minimum atomic E-state index is -0.226. The maximum absolute atomic E-state index is 12.2. The van der Waals surface area contributed by atoms with Crippen LogP contribution in [-0.2, 0) is 14.3 Å². The van der Waals surface area contributed by atoms with Crippen LogP contribution in [0.2, 0.25) is 0 Å². The van der Waals surface area contributed by atoms with Gasteiger partial charge in [-0.25, -0.2) is 0 Å². The van der Waals surface area contributed by atoms with E-state index >= 15 is 0 Å². The van der Waals surface area contributed by atoms with Gasteiger partial charge in [0, 0.05) is 24.1 Å². The maximum Gasteiger partial charge on any atom is 0.305 e. The molecule has 2 rings (SSSR count). The second kappa shape index (κ2) is 11.2. The lowest BCUT2D eigenvalue weighted by Crippen LogP contribution is -2.13. The molecule has 0 atom stereocenters. The summed E-state index contributed by atoms with van der Waals surface area (Å²) in [6.45, 7) is 4.76. The first kappa shape index (κ1) is 20.7. The average molecular weight is 367 g/mol. The molecular formula is C23H29NO3. The number of carbonyl (C=O) groups excluding carboxylic acids is 2. The van der Waals surface area contributed by atoms with Crippen molar-refractivity contribution in [3.63, 3.8) is 0 Å². The molecule has 144 valence electrons. The van der Waals surface area contributed by atoms with Gasteiger partial charge in [0.25, 0.3) is 0 Å². The lowest BCUT2D eigenvalue weighted by molar-refractivity contribution is -0.143. The minimum absolute atomic E-state index is 0.0917. The SMILES string of the molecule is CC(C)CCCOC(=O)CCCC(=O)Nc1ccccc1-c1ccccc1. The van der Waals surface area contributed by atoms with Gasteiger partial charge in [0.15, 0.2) is 0 Å². The fourth-order valence-corrected chi connectivity index (χ4v) is 2.82. The zero-order valence-corrected chi connectivity index (χ0v) is 16.2. The van der Waals surface area contributed by atoms with Crippen molar-refractivity contribution >= 4 is 17.6 Å². The fourth-order valence-electron chi connectivity index (χ4n) is 2.82. The zero-order chi connectivity index (χ0) is 19.5. The van der Waals surface area contributed by atoms with Crippen LogP contribution >= 0.6 is 0 Å². The van der Waals surface area contributed by atoms with Crippen LogP contribution in [0.4, 0.5) is 5.69 Å². The van der Waals surface area contributed by atoms with Crippen molar-refractivity contribution in [1.82, 2.24) is 0 Å². The van der Waals surface area contributed by atoms with Crippen molar-refractivity contribution in [2.75, 3.05) is 11.9 Å². The van der Waals surface area contributed by atoms with Crippen LogP contribution in [0.25, 0.3) is 11.1 Å². The molecule has 0 aliphatic heterocycles. The summed E-state index contributed by atoms with van der Waals surface area (Å²) >= 11 is 0. The van der Waals surface area contributed by atoms with Crippen molar-refractivity contribution in [1.29, 1.82) is 0 Å². The maximum atomic E-state index is 12.2. The van der Waals surface area contributed by atoms with E-state index in [-0.39, 0.29) is 18.3 Å². The standard InChI is InChI=1S/C23H29NO3/c1-18(2)10-9-17-27-23(26)16-8-15-22(25)24-21-14-7-6-13-20(21)19-11-4-3-5-12-19/h3-7,11-14,18H,8-10,15-17H2,1-2H3,(H,24,25).